The van der Waals surface area contributed by atoms with Crippen LogP contribution in [-0.2, 0) is 16.0 Å². The predicted octanol–water partition coefficient (Wildman–Crippen LogP) is 1.44. The number of hydrogen-bond donors (Lipinski definition) is 2. The lowest BCUT2D eigenvalue weighted by Gasteiger charge is -2.47. The standard InChI is InChI=1S/C25H41ClN6O2/c1-19(2)18-32(31-14-12-29(3)13-15-31)22-8-10-30(11-9-22)25(34)23(28-24(33)17-27)16-20-4-6-21(26)7-5-20/h4-7,19,22-23H,8-18,27H2,1-3H3,(H,28,33). The molecule has 1 atom stereocenters. The molecule has 1 unspecified atom stereocenters. The van der Waals surface area contributed by atoms with Crippen LogP contribution in [0.25, 0.3) is 0 Å². The average molecular weight is 493 g/mol. The number of piperidine rings is 1. The van der Waals surface area contributed by atoms with Crippen molar-refractivity contribution in [3.05, 3.63) is 34.9 Å². The van der Waals surface area contributed by atoms with E-state index in [0.717, 1.165) is 51.1 Å². The van der Waals surface area contributed by atoms with E-state index in [4.69, 9.17) is 17.3 Å². The lowest BCUT2D eigenvalue weighted by molar-refractivity contribution is -0.140. The summed E-state index contributed by atoms with van der Waals surface area (Å²) in [6.07, 6.45) is 2.29. The molecule has 0 bridgehead atoms. The van der Waals surface area contributed by atoms with Gasteiger partial charge in [-0.05, 0) is 43.5 Å². The van der Waals surface area contributed by atoms with Crippen molar-refractivity contribution in [2.45, 2.75) is 45.2 Å². The molecule has 2 aliphatic rings. The molecule has 190 valence electrons. The number of hydrazine groups is 1. The monoisotopic (exact) mass is 492 g/mol. The number of hydrogen-bond acceptors (Lipinski definition) is 6. The fourth-order valence-electron chi connectivity index (χ4n) is 4.84. The molecule has 3 N–H and O–H groups in total. The van der Waals surface area contributed by atoms with Gasteiger partial charge in [0.1, 0.15) is 6.04 Å². The van der Waals surface area contributed by atoms with Gasteiger partial charge in [-0.15, -0.1) is 0 Å². The van der Waals surface area contributed by atoms with Crippen molar-refractivity contribution in [2.75, 3.05) is 59.4 Å². The molecular formula is C25H41ClN6O2. The first kappa shape index (κ1) is 26.9. The summed E-state index contributed by atoms with van der Waals surface area (Å²) in [6.45, 7) is 11.1. The van der Waals surface area contributed by atoms with Crippen LogP contribution in [-0.4, -0.2) is 103 Å². The minimum atomic E-state index is -0.627. The Kier molecular flexibility index (Phi) is 10.2. The van der Waals surface area contributed by atoms with Gasteiger partial charge in [-0.3, -0.25) is 9.59 Å². The second kappa shape index (κ2) is 12.8. The maximum atomic E-state index is 13.4. The van der Waals surface area contributed by atoms with Crippen LogP contribution in [0.1, 0.15) is 32.3 Å². The van der Waals surface area contributed by atoms with Gasteiger partial charge in [0.25, 0.3) is 0 Å². The Labute approximate surface area is 209 Å². The van der Waals surface area contributed by atoms with E-state index in [-0.39, 0.29) is 18.4 Å². The molecule has 34 heavy (non-hydrogen) atoms. The molecule has 0 aliphatic carbocycles. The molecule has 8 nitrogen and oxygen atoms in total. The van der Waals surface area contributed by atoms with Gasteiger partial charge in [0.05, 0.1) is 6.54 Å². The van der Waals surface area contributed by atoms with Gasteiger partial charge >= 0.3 is 0 Å². The van der Waals surface area contributed by atoms with Crippen molar-refractivity contribution < 1.29 is 9.59 Å². The highest BCUT2D eigenvalue weighted by Crippen LogP contribution is 2.22. The number of likely N-dealkylation sites (N-methyl/N-ethyl adjacent to an activating group) is 1. The van der Waals surface area contributed by atoms with Crippen LogP contribution >= 0.6 is 11.6 Å². The molecule has 2 saturated heterocycles. The maximum absolute atomic E-state index is 13.4. The zero-order chi connectivity index (χ0) is 24.7. The first-order valence-corrected chi connectivity index (χ1v) is 12.9. The number of likely N-dealkylation sites (tertiary alicyclic amines) is 1. The minimum Gasteiger partial charge on any atom is -0.343 e. The van der Waals surface area contributed by atoms with E-state index in [0.29, 0.717) is 36.5 Å². The molecule has 0 saturated carbocycles. The summed E-state index contributed by atoms with van der Waals surface area (Å²) in [5, 5.41) is 8.57. The molecule has 1 aromatic carbocycles. The summed E-state index contributed by atoms with van der Waals surface area (Å²) >= 11 is 6.00. The Hall–Kier alpha value is -1.71. The third kappa shape index (κ3) is 7.65. The van der Waals surface area contributed by atoms with Gasteiger partial charge in [0.15, 0.2) is 0 Å². The largest absolute Gasteiger partial charge is 0.343 e. The lowest BCUT2D eigenvalue weighted by atomic mass is 10.00. The van der Waals surface area contributed by atoms with E-state index >= 15 is 0 Å². The second-order valence-corrected chi connectivity index (χ2v) is 10.4. The quantitative estimate of drug-likeness (QED) is 0.542. The Morgan fingerprint density at radius 2 is 1.71 bits per heavy atom. The Morgan fingerprint density at radius 3 is 2.26 bits per heavy atom. The number of nitrogens with two attached hydrogens (primary N) is 1. The molecule has 2 amide bonds. The van der Waals surface area contributed by atoms with Crippen molar-refractivity contribution in [1.29, 1.82) is 0 Å². The molecule has 2 aliphatic heterocycles. The Balaban J connectivity index is 1.63. The van der Waals surface area contributed by atoms with E-state index in [1.165, 1.54) is 0 Å². The van der Waals surface area contributed by atoms with Crippen molar-refractivity contribution in [1.82, 2.24) is 25.1 Å². The first-order chi connectivity index (χ1) is 16.3. The number of benzene rings is 1. The summed E-state index contributed by atoms with van der Waals surface area (Å²) in [5.74, 6) is 0.222. The zero-order valence-corrected chi connectivity index (χ0v) is 21.6. The maximum Gasteiger partial charge on any atom is 0.245 e. The fourth-order valence-corrected chi connectivity index (χ4v) is 4.96. The second-order valence-electron chi connectivity index (χ2n) is 9.98. The molecule has 9 heteroatoms. The lowest BCUT2D eigenvalue weighted by Crippen LogP contribution is -2.60. The summed E-state index contributed by atoms with van der Waals surface area (Å²) < 4.78 is 0. The minimum absolute atomic E-state index is 0.0368. The molecule has 2 fully saturated rings. The number of halogens is 1. The highest BCUT2D eigenvalue weighted by molar-refractivity contribution is 6.30. The third-order valence-electron chi connectivity index (χ3n) is 6.76. The van der Waals surface area contributed by atoms with E-state index in [9.17, 15) is 9.59 Å². The number of carbonyl (C=O) groups excluding carboxylic acids is 2. The van der Waals surface area contributed by atoms with Gasteiger partial charge in [-0.1, -0.05) is 37.6 Å². The van der Waals surface area contributed by atoms with Crippen LogP contribution in [0.4, 0.5) is 0 Å². The molecule has 1 aromatic rings. The molecule has 0 aromatic heterocycles. The van der Waals surface area contributed by atoms with Crippen molar-refractivity contribution in [3.63, 3.8) is 0 Å². The van der Waals surface area contributed by atoms with E-state index < -0.39 is 6.04 Å². The SMILES string of the molecule is CC(C)CN(C1CCN(C(=O)C(Cc2ccc(Cl)cc2)NC(=O)CN)CC1)N1CCN(C)CC1. The number of piperazine rings is 1. The van der Waals surface area contributed by atoms with Crippen molar-refractivity contribution in [2.24, 2.45) is 11.7 Å². The highest BCUT2D eigenvalue weighted by atomic mass is 35.5. The van der Waals surface area contributed by atoms with Crippen LogP contribution in [0, 0.1) is 5.92 Å². The van der Waals surface area contributed by atoms with Gasteiger partial charge in [-0.25, -0.2) is 10.0 Å². The van der Waals surface area contributed by atoms with Crippen LogP contribution in [0.3, 0.4) is 0 Å². The normalized spacial score (nSPS) is 19.6. The summed E-state index contributed by atoms with van der Waals surface area (Å²) in [5.41, 5.74) is 6.47. The van der Waals surface area contributed by atoms with Crippen LogP contribution in [0.15, 0.2) is 24.3 Å². The van der Waals surface area contributed by atoms with Crippen molar-refractivity contribution >= 4 is 23.4 Å². The molecule has 0 radical (unpaired) electrons. The van der Waals surface area contributed by atoms with Gasteiger partial charge in [0, 0.05) is 63.3 Å². The topological polar surface area (TPSA) is 85.1 Å². The molecule has 3 rings (SSSR count). The van der Waals surface area contributed by atoms with Gasteiger partial charge in [0.2, 0.25) is 11.8 Å². The third-order valence-corrected chi connectivity index (χ3v) is 7.02. The van der Waals surface area contributed by atoms with E-state index in [1.54, 1.807) is 12.1 Å². The summed E-state index contributed by atoms with van der Waals surface area (Å²) in [6, 6.07) is 7.19. The summed E-state index contributed by atoms with van der Waals surface area (Å²) in [4.78, 5) is 29.8. The highest BCUT2D eigenvalue weighted by Gasteiger charge is 2.34. The molecule has 2 heterocycles. The predicted molar refractivity (Wildman–Crippen MR) is 136 cm³/mol. The number of carbonyl (C=O) groups is 2. The van der Waals surface area contributed by atoms with Crippen LogP contribution < -0.4 is 11.1 Å². The van der Waals surface area contributed by atoms with Crippen LogP contribution in [0.2, 0.25) is 5.02 Å². The first-order valence-electron chi connectivity index (χ1n) is 12.5. The van der Waals surface area contributed by atoms with Gasteiger partial charge in [-0.2, -0.15) is 0 Å². The Bertz CT molecular complexity index is 789. The molecule has 0 spiro atoms. The van der Waals surface area contributed by atoms with Crippen LogP contribution in [0.5, 0.6) is 0 Å². The summed E-state index contributed by atoms with van der Waals surface area (Å²) in [7, 11) is 2.18. The average Bonchev–Trinajstić information content (AvgIpc) is 2.83. The fraction of sp³-hybridized carbons (Fsp3) is 0.680. The Morgan fingerprint density at radius 1 is 1.09 bits per heavy atom. The molecular weight excluding hydrogens is 452 g/mol. The van der Waals surface area contributed by atoms with E-state index in [2.05, 4.69) is 41.1 Å². The van der Waals surface area contributed by atoms with Gasteiger partial charge < -0.3 is 20.9 Å². The van der Waals surface area contributed by atoms with Crippen molar-refractivity contribution in [3.8, 4) is 0 Å². The number of rotatable bonds is 9. The smallest absolute Gasteiger partial charge is 0.245 e. The zero-order valence-electron chi connectivity index (χ0n) is 20.9. The number of nitrogens with one attached hydrogen (secondary N) is 1. The van der Waals surface area contributed by atoms with E-state index in [1.807, 2.05) is 17.0 Å². The number of nitrogens with zero attached hydrogens (tertiary/aromatic N) is 4. The number of amides is 2.